The number of morpholine rings is 1. The molecule has 7 heteroatoms. The molecule has 4 rings (SSSR count). The lowest BCUT2D eigenvalue weighted by atomic mass is 10.0. The predicted octanol–water partition coefficient (Wildman–Crippen LogP) is 3.15. The summed E-state index contributed by atoms with van der Waals surface area (Å²) in [7, 11) is 0. The molecule has 3 aromatic rings. The summed E-state index contributed by atoms with van der Waals surface area (Å²) in [5.41, 5.74) is 5.55. The molecule has 0 bridgehead atoms. The zero-order valence-corrected chi connectivity index (χ0v) is 17.0. The number of nitrogens with zero attached hydrogens (tertiary/aromatic N) is 4. The molecule has 3 heterocycles. The highest BCUT2D eigenvalue weighted by Gasteiger charge is 2.25. The number of aromatic nitrogens is 3. The molecule has 1 saturated heterocycles. The summed E-state index contributed by atoms with van der Waals surface area (Å²) in [6.45, 7) is 10.8. The minimum Gasteiger partial charge on any atom is -0.378 e. The van der Waals surface area contributed by atoms with E-state index in [2.05, 4.69) is 53.6 Å². The highest BCUT2D eigenvalue weighted by Crippen LogP contribution is 2.31. The van der Waals surface area contributed by atoms with Crippen molar-refractivity contribution in [3.63, 3.8) is 0 Å². The molecular weight excluding hydrogens is 360 g/mol. The average Bonchev–Trinajstić information content (AvgIpc) is 3.04. The molecule has 2 aromatic heterocycles. The van der Waals surface area contributed by atoms with E-state index in [0.717, 1.165) is 16.3 Å². The van der Waals surface area contributed by atoms with Crippen LogP contribution in [-0.2, 0) is 9.53 Å². The van der Waals surface area contributed by atoms with Crippen molar-refractivity contribution >= 4 is 34.2 Å². The number of hydrogen-bond donors (Lipinski definition) is 0. The maximum atomic E-state index is 12.8. The largest absolute Gasteiger partial charge is 0.378 e. The number of carbonyl (C=O) groups is 1. The first kappa shape index (κ1) is 18.3. The van der Waals surface area contributed by atoms with Crippen LogP contribution in [0, 0.1) is 20.8 Å². The van der Waals surface area contributed by atoms with Crippen molar-refractivity contribution in [3.05, 3.63) is 34.9 Å². The summed E-state index contributed by atoms with van der Waals surface area (Å²) >= 11 is 1.47. The number of rotatable bonds is 3. The van der Waals surface area contributed by atoms with Crippen LogP contribution in [0.15, 0.2) is 23.4 Å². The van der Waals surface area contributed by atoms with Crippen molar-refractivity contribution in [2.75, 3.05) is 26.3 Å². The van der Waals surface area contributed by atoms with Gasteiger partial charge in [0.15, 0.2) is 10.8 Å². The quantitative estimate of drug-likeness (QED) is 0.649. The van der Waals surface area contributed by atoms with Gasteiger partial charge in [-0.2, -0.15) is 0 Å². The molecule has 142 valence electrons. The van der Waals surface area contributed by atoms with Crippen LogP contribution < -0.4 is 0 Å². The van der Waals surface area contributed by atoms with E-state index >= 15 is 0 Å². The Bertz CT molecular complexity index is 1020. The number of pyridine rings is 1. The Morgan fingerprint density at radius 3 is 2.59 bits per heavy atom. The fourth-order valence-electron chi connectivity index (χ4n) is 3.74. The summed E-state index contributed by atoms with van der Waals surface area (Å²) in [4.78, 5) is 14.7. The number of carbonyl (C=O) groups excluding carboxylic acids is 1. The number of fused-ring (bicyclic) bond motifs is 3. The van der Waals surface area contributed by atoms with Crippen LogP contribution in [0.25, 0.3) is 16.6 Å². The van der Waals surface area contributed by atoms with Gasteiger partial charge in [-0.1, -0.05) is 23.4 Å². The van der Waals surface area contributed by atoms with Gasteiger partial charge in [0.1, 0.15) is 0 Å². The van der Waals surface area contributed by atoms with E-state index in [-0.39, 0.29) is 11.2 Å². The molecule has 0 aliphatic carbocycles. The first-order valence-electron chi connectivity index (χ1n) is 9.24. The SMILES string of the molecule is Cc1cc(C)c2c(c1)c(C)cc1nnc(S[C@@H](C)C(=O)N3CCOCC3)n12. The van der Waals surface area contributed by atoms with Crippen molar-refractivity contribution in [1.29, 1.82) is 0 Å². The molecule has 0 unspecified atom stereocenters. The minimum absolute atomic E-state index is 0.129. The molecule has 0 spiro atoms. The molecular formula is C20H24N4O2S. The smallest absolute Gasteiger partial charge is 0.236 e. The van der Waals surface area contributed by atoms with Crippen molar-refractivity contribution < 1.29 is 9.53 Å². The van der Waals surface area contributed by atoms with Crippen LogP contribution in [0.4, 0.5) is 0 Å². The van der Waals surface area contributed by atoms with E-state index in [4.69, 9.17) is 4.74 Å². The Morgan fingerprint density at radius 2 is 1.85 bits per heavy atom. The maximum Gasteiger partial charge on any atom is 0.236 e. The molecule has 6 nitrogen and oxygen atoms in total. The second kappa shape index (κ2) is 7.13. The molecule has 0 radical (unpaired) electrons. The number of benzene rings is 1. The maximum absolute atomic E-state index is 12.8. The molecule has 1 aliphatic rings. The molecule has 0 N–H and O–H groups in total. The lowest BCUT2D eigenvalue weighted by Crippen LogP contribution is -2.44. The van der Waals surface area contributed by atoms with Gasteiger partial charge in [-0.15, -0.1) is 10.2 Å². The number of ether oxygens (including phenoxy) is 1. The van der Waals surface area contributed by atoms with Crippen molar-refractivity contribution in [1.82, 2.24) is 19.5 Å². The van der Waals surface area contributed by atoms with Crippen LogP contribution in [0.2, 0.25) is 0 Å². The first-order chi connectivity index (χ1) is 13.0. The summed E-state index contributed by atoms with van der Waals surface area (Å²) in [5.74, 6) is 0.129. The van der Waals surface area contributed by atoms with E-state index in [1.165, 1.54) is 33.8 Å². The van der Waals surface area contributed by atoms with E-state index in [1.807, 2.05) is 11.8 Å². The standard InChI is InChI=1S/C20H24N4O2S/c1-12-9-14(3)18-16(10-12)13(2)11-17-21-22-20(24(17)18)27-15(4)19(25)23-5-7-26-8-6-23/h9-11,15H,5-8H2,1-4H3/t15-/m0/s1. The fourth-order valence-corrected chi connectivity index (χ4v) is 4.68. The Balaban J connectivity index is 1.74. The Morgan fingerprint density at radius 1 is 1.11 bits per heavy atom. The molecule has 0 saturated carbocycles. The minimum atomic E-state index is -0.224. The predicted molar refractivity (Wildman–Crippen MR) is 107 cm³/mol. The van der Waals surface area contributed by atoms with Crippen molar-refractivity contribution in [2.24, 2.45) is 0 Å². The van der Waals surface area contributed by atoms with Gasteiger partial charge in [0, 0.05) is 18.5 Å². The van der Waals surface area contributed by atoms with Gasteiger partial charge >= 0.3 is 0 Å². The van der Waals surface area contributed by atoms with E-state index in [9.17, 15) is 4.79 Å². The van der Waals surface area contributed by atoms with Crippen molar-refractivity contribution in [2.45, 2.75) is 38.1 Å². The third-order valence-electron chi connectivity index (χ3n) is 5.05. The monoisotopic (exact) mass is 384 g/mol. The lowest BCUT2D eigenvalue weighted by molar-refractivity contribution is -0.134. The van der Waals surface area contributed by atoms with E-state index in [0.29, 0.717) is 26.3 Å². The molecule has 1 atom stereocenters. The number of hydrogen-bond acceptors (Lipinski definition) is 5. The van der Waals surface area contributed by atoms with Gasteiger partial charge in [-0.25, -0.2) is 0 Å². The Labute approximate surface area is 162 Å². The lowest BCUT2D eigenvalue weighted by Gasteiger charge is -2.28. The average molecular weight is 385 g/mol. The van der Waals surface area contributed by atoms with E-state index < -0.39 is 0 Å². The number of aryl methyl sites for hydroxylation is 3. The van der Waals surface area contributed by atoms with Crippen LogP contribution in [0.1, 0.15) is 23.6 Å². The van der Waals surface area contributed by atoms with Gasteiger partial charge in [0.2, 0.25) is 5.91 Å². The summed E-state index contributed by atoms with van der Waals surface area (Å²) in [5, 5.41) is 10.5. The number of amides is 1. The van der Waals surface area contributed by atoms with Crippen LogP contribution >= 0.6 is 11.8 Å². The molecule has 1 aliphatic heterocycles. The molecule has 1 amide bonds. The Kier molecular flexibility index (Phi) is 4.82. The molecule has 1 aromatic carbocycles. The fraction of sp³-hybridized carbons (Fsp3) is 0.450. The summed E-state index contributed by atoms with van der Waals surface area (Å²) in [6, 6.07) is 6.44. The zero-order chi connectivity index (χ0) is 19.1. The molecule has 27 heavy (non-hydrogen) atoms. The Hall–Kier alpha value is -2.12. The summed E-state index contributed by atoms with van der Waals surface area (Å²) in [6.07, 6.45) is 0. The normalized spacial score (nSPS) is 16.2. The first-order valence-corrected chi connectivity index (χ1v) is 10.1. The van der Waals surface area contributed by atoms with Gasteiger partial charge in [-0.3, -0.25) is 9.20 Å². The van der Waals surface area contributed by atoms with Gasteiger partial charge < -0.3 is 9.64 Å². The zero-order valence-electron chi connectivity index (χ0n) is 16.2. The van der Waals surface area contributed by atoms with Crippen LogP contribution in [-0.4, -0.2) is 57.0 Å². The van der Waals surface area contributed by atoms with Crippen molar-refractivity contribution in [3.8, 4) is 0 Å². The van der Waals surface area contributed by atoms with Crippen LogP contribution in [0.5, 0.6) is 0 Å². The van der Waals surface area contributed by atoms with E-state index in [1.54, 1.807) is 0 Å². The van der Waals surface area contributed by atoms with Gasteiger partial charge in [0.25, 0.3) is 0 Å². The van der Waals surface area contributed by atoms with Gasteiger partial charge in [0.05, 0.1) is 24.0 Å². The third-order valence-corrected chi connectivity index (χ3v) is 6.08. The van der Waals surface area contributed by atoms with Gasteiger partial charge in [-0.05, 0) is 51.0 Å². The highest BCUT2D eigenvalue weighted by molar-refractivity contribution is 8.00. The highest BCUT2D eigenvalue weighted by atomic mass is 32.2. The second-order valence-electron chi connectivity index (χ2n) is 7.18. The topological polar surface area (TPSA) is 59.7 Å². The molecule has 1 fully saturated rings. The second-order valence-corrected chi connectivity index (χ2v) is 8.49. The van der Waals surface area contributed by atoms with Crippen LogP contribution in [0.3, 0.4) is 0 Å². The third kappa shape index (κ3) is 3.30. The number of thioether (sulfide) groups is 1. The summed E-state index contributed by atoms with van der Waals surface area (Å²) < 4.78 is 7.44.